The van der Waals surface area contributed by atoms with Gasteiger partial charge in [-0.3, -0.25) is 0 Å². The summed E-state index contributed by atoms with van der Waals surface area (Å²) < 4.78 is 5.03. The van der Waals surface area contributed by atoms with E-state index in [0.717, 1.165) is 12.0 Å². The molecule has 1 fully saturated rings. The largest absolute Gasteiger partial charge is 0.459 e. The highest BCUT2D eigenvalue weighted by Crippen LogP contribution is 2.22. The fraction of sp³-hybridized carbons (Fsp3) is 0.667. The summed E-state index contributed by atoms with van der Waals surface area (Å²) in [6, 6.07) is 0. The predicted molar refractivity (Wildman–Crippen MR) is 51.6 cm³/mol. The molecule has 1 unspecified atom stereocenters. The van der Waals surface area contributed by atoms with Gasteiger partial charge in [-0.05, 0) is 6.92 Å². The van der Waals surface area contributed by atoms with E-state index in [9.17, 15) is 4.79 Å². The predicted octanol–water partition coefficient (Wildman–Crippen LogP) is 2.13. The van der Waals surface area contributed by atoms with Gasteiger partial charge in [0.25, 0.3) is 0 Å². The molecule has 0 amide bonds. The Kier molecular flexibility index (Phi) is 2.42. The van der Waals surface area contributed by atoms with Crippen LogP contribution in [0.1, 0.15) is 13.3 Å². The Morgan fingerprint density at radius 3 is 2.42 bits per heavy atom. The van der Waals surface area contributed by atoms with Gasteiger partial charge in [0.15, 0.2) is 0 Å². The van der Waals surface area contributed by atoms with E-state index in [2.05, 4.69) is 25.3 Å². The van der Waals surface area contributed by atoms with Crippen LogP contribution in [0.15, 0.2) is 11.3 Å². The maximum atomic E-state index is 11.2. The van der Waals surface area contributed by atoms with Crippen LogP contribution in [0.5, 0.6) is 0 Å². The van der Waals surface area contributed by atoms with Gasteiger partial charge in [0.2, 0.25) is 0 Å². The highest BCUT2D eigenvalue weighted by Gasteiger charge is 2.27. The molecule has 0 bridgehead atoms. The van der Waals surface area contributed by atoms with Crippen molar-refractivity contribution < 1.29 is 9.53 Å². The van der Waals surface area contributed by atoms with Crippen molar-refractivity contribution in [2.45, 2.75) is 39.1 Å². The molecule has 0 radical (unpaired) electrons. The first-order valence-corrected chi connectivity index (χ1v) is 7.89. The summed E-state index contributed by atoms with van der Waals surface area (Å²) in [5.74, 6) is -0.107. The molecule has 1 rings (SSSR count). The molecule has 12 heavy (non-hydrogen) atoms. The van der Waals surface area contributed by atoms with Gasteiger partial charge in [-0.2, -0.15) is 0 Å². The number of hydrogen-bond acceptors (Lipinski definition) is 2. The number of rotatable bonds is 1. The standard InChI is InChI=1S/C9H16O2Si/c1-7-5-8(9(10)11-7)6-12(2,3)4/h6-7H,5H2,1-4H3/b8-6+. The minimum atomic E-state index is -1.26. The molecule has 1 atom stereocenters. The van der Waals surface area contributed by atoms with Crippen LogP contribution in [0, 0.1) is 0 Å². The highest BCUT2D eigenvalue weighted by molar-refractivity contribution is 6.81. The molecule has 1 aliphatic heterocycles. The second kappa shape index (κ2) is 3.05. The number of carbonyl (C=O) groups excluding carboxylic acids is 1. The lowest BCUT2D eigenvalue weighted by molar-refractivity contribution is -0.138. The Bertz CT molecular complexity index is 225. The van der Waals surface area contributed by atoms with Crippen molar-refractivity contribution in [3.8, 4) is 0 Å². The fourth-order valence-corrected chi connectivity index (χ4v) is 2.61. The Balaban J connectivity index is 2.77. The van der Waals surface area contributed by atoms with Gasteiger partial charge in [0.1, 0.15) is 6.10 Å². The van der Waals surface area contributed by atoms with E-state index in [-0.39, 0.29) is 12.1 Å². The Morgan fingerprint density at radius 2 is 2.08 bits per heavy atom. The minimum Gasteiger partial charge on any atom is -0.459 e. The van der Waals surface area contributed by atoms with E-state index in [1.165, 1.54) is 0 Å². The van der Waals surface area contributed by atoms with E-state index in [1.54, 1.807) is 0 Å². The molecule has 1 heterocycles. The first-order chi connectivity index (χ1) is 5.38. The van der Waals surface area contributed by atoms with Crippen molar-refractivity contribution in [2.24, 2.45) is 0 Å². The third kappa shape index (κ3) is 2.48. The highest BCUT2D eigenvalue weighted by atomic mass is 28.3. The average molecular weight is 184 g/mol. The molecule has 0 saturated carbocycles. The minimum absolute atomic E-state index is 0.0834. The first kappa shape index (κ1) is 9.51. The molecule has 2 nitrogen and oxygen atoms in total. The van der Waals surface area contributed by atoms with Crippen LogP contribution < -0.4 is 0 Å². The molecule has 0 aromatic carbocycles. The fourth-order valence-electron chi connectivity index (χ4n) is 1.33. The summed E-state index contributed by atoms with van der Waals surface area (Å²) in [6.45, 7) is 8.59. The Labute approximate surface area is 74.6 Å². The van der Waals surface area contributed by atoms with Crippen LogP contribution in [0.25, 0.3) is 0 Å². The number of cyclic esters (lactones) is 1. The number of esters is 1. The van der Waals surface area contributed by atoms with Gasteiger partial charge in [-0.25, -0.2) is 4.79 Å². The van der Waals surface area contributed by atoms with E-state index in [1.807, 2.05) is 6.92 Å². The maximum absolute atomic E-state index is 11.2. The van der Waals surface area contributed by atoms with Crippen molar-refractivity contribution in [2.75, 3.05) is 0 Å². The smallest absolute Gasteiger partial charge is 0.333 e. The van der Waals surface area contributed by atoms with Crippen LogP contribution in [-0.2, 0) is 9.53 Å². The molecule has 0 aromatic rings. The topological polar surface area (TPSA) is 26.3 Å². The zero-order chi connectivity index (χ0) is 9.35. The van der Waals surface area contributed by atoms with Crippen LogP contribution >= 0.6 is 0 Å². The lowest BCUT2D eigenvalue weighted by Gasteiger charge is -2.09. The average Bonchev–Trinajstić information content (AvgIpc) is 2.06. The summed E-state index contributed by atoms with van der Waals surface area (Å²) in [6.07, 6.45) is 0.878. The molecule has 3 heteroatoms. The van der Waals surface area contributed by atoms with Crippen molar-refractivity contribution in [1.29, 1.82) is 0 Å². The monoisotopic (exact) mass is 184 g/mol. The van der Waals surface area contributed by atoms with Crippen LogP contribution in [0.2, 0.25) is 19.6 Å². The maximum Gasteiger partial charge on any atom is 0.333 e. The zero-order valence-corrected chi connectivity index (χ0v) is 9.18. The van der Waals surface area contributed by atoms with Gasteiger partial charge in [0.05, 0.1) is 8.07 Å². The molecular weight excluding hydrogens is 168 g/mol. The SMILES string of the molecule is CC1C/C(=C\[Si](C)(C)C)C(=O)O1. The summed E-state index contributed by atoms with van der Waals surface area (Å²) in [5.41, 5.74) is 3.03. The van der Waals surface area contributed by atoms with Gasteiger partial charge in [-0.15, -0.1) is 0 Å². The second-order valence-corrected chi connectivity index (χ2v) is 9.48. The third-order valence-corrected chi connectivity index (χ3v) is 2.90. The Morgan fingerprint density at radius 1 is 1.50 bits per heavy atom. The number of ether oxygens (including phenoxy) is 1. The first-order valence-electron chi connectivity index (χ1n) is 4.31. The van der Waals surface area contributed by atoms with Crippen LogP contribution in [0.3, 0.4) is 0 Å². The van der Waals surface area contributed by atoms with E-state index in [4.69, 9.17) is 4.74 Å². The molecular formula is C9H16O2Si. The van der Waals surface area contributed by atoms with E-state index < -0.39 is 8.07 Å². The van der Waals surface area contributed by atoms with Crippen molar-refractivity contribution in [1.82, 2.24) is 0 Å². The summed E-state index contributed by atoms with van der Waals surface area (Å²) in [4.78, 5) is 11.2. The molecule has 0 aromatic heterocycles. The van der Waals surface area contributed by atoms with Gasteiger partial charge >= 0.3 is 5.97 Å². The molecule has 0 N–H and O–H groups in total. The number of hydrogen-bond donors (Lipinski definition) is 0. The zero-order valence-electron chi connectivity index (χ0n) is 8.18. The van der Waals surface area contributed by atoms with Gasteiger partial charge in [0, 0.05) is 12.0 Å². The third-order valence-electron chi connectivity index (χ3n) is 1.69. The molecule has 68 valence electrons. The molecule has 0 aliphatic carbocycles. The summed E-state index contributed by atoms with van der Waals surface area (Å²) in [5, 5.41) is 0. The van der Waals surface area contributed by atoms with Crippen molar-refractivity contribution in [3.05, 3.63) is 11.3 Å². The second-order valence-electron chi connectivity index (χ2n) is 4.46. The van der Waals surface area contributed by atoms with E-state index >= 15 is 0 Å². The molecule has 1 saturated heterocycles. The Hall–Kier alpha value is -0.573. The van der Waals surface area contributed by atoms with Gasteiger partial charge < -0.3 is 4.74 Å². The lowest BCUT2D eigenvalue weighted by atomic mass is 10.2. The molecule has 0 spiro atoms. The normalized spacial score (nSPS) is 27.8. The quantitative estimate of drug-likeness (QED) is 0.354. The van der Waals surface area contributed by atoms with Crippen LogP contribution in [0.4, 0.5) is 0 Å². The van der Waals surface area contributed by atoms with Crippen molar-refractivity contribution in [3.63, 3.8) is 0 Å². The summed E-state index contributed by atoms with van der Waals surface area (Å²) in [7, 11) is -1.26. The van der Waals surface area contributed by atoms with E-state index in [0.29, 0.717) is 0 Å². The summed E-state index contributed by atoms with van der Waals surface area (Å²) >= 11 is 0. The van der Waals surface area contributed by atoms with Crippen LogP contribution in [-0.4, -0.2) is 20.1 Å². The lowest BCUT2D eigenvalue weighted by Crippen LogP contribution is -2.17. The van der Waals surface area contributed by atoms with Crippen molar-refractivity contribution >= 4 is 14.0 Å². The van der Waals surface area contributed by atoms with Gasteiger partial charge in [-0.1, -0.05) is 25.3 Å². The number of carbonyl (C=O) groups is 1. The molecule has 1 aliphatic rings.